The summed E-state index contributed by atoms with van der Waals surface area (Å²) in [6.45, 7) is 0.550. The van der Waals surface area contributed by atoms with Crippen molar-refractivity contribution >= 4 is 11.5 Å². The maximum atomic E-state index is 5.37. The zero-order valence-electron chi connectivity index (χ0n) is 16.4. The van der Waals surface area contributed by atoms with Crippen LogP contribution in [0.3, 0.4) is 0 Å². The maximum absolute atomic E-state index is 5.37. The highest BCUT2D eigenvalue weighted by molar-refractivity contribution is 5.70. The Kier molecular flexibility index (Phi) is 5.15. The van der Waals surface area contributed by atoms with Crippen molar-refractivity contribution in [1.82, 2.24) is 19.6 Å². The minimum absolute atomic E-state index is 0.550. The minimum Gasteiger partial charge on any atom is -0.497 e. The average Bonchev–Trinajstić information content (AvgIpc) is 3.22. The summed E-state index contributed by atoms with van der Waals surface area (Å²) in [7, 11) is 4.88. The zero-order chi connectivity index (χ0) is 20.2. The molecule has 8 heteroatoms. The van der Waals surface area contributed by atoms with Gasteiger partial charge in [-0.15, -0.1) is 0 Å². The predicted octanol–water partition coefficient (Wildman–Crippen LogP) is 3.43. The first-order valence-electron chi connectivity index (χ1n) is 9.01. The number of nitrogens with one attached hydrogen (secondary N) is 1. The molecule has 0 spiro atoms. The van der Waals surface area contributed by atoms with Crippen molar-refractivity contribution in [3.05, 3.63) is 60.6 Å². The van der Waals surface area contributed by atoms with Gasteiger partial charge in [0.1, 0.15) is 12.1 Å². The van der Waals surface area contributed by atoms with Crippen LogP contribution in [0.5, 0.6) is 17.2 Å². The minimum atomic E-state index is 0.550. The molecule has 1 N–H and O–H groups in total. The van der Waals surface area contributed by atoms with E-state index in [0.29, 0.717) is 29.5 Å². The first-order chi connectivity index (χ1) is 14.2. The molecule has 2 aromatic heterocycles. The lowest BCUT2D eigenvalue weighted by molar-refractivity contribution is 0.354. The Morgan fingerprint density at radius 3 is 2.59 bits per heavy atom. The molecule has 2 aromatic carbocycles. The molecule has 0 atom stereocenters. The Balaban J connectivity index is 1.61. The highest BCUT2D eigenvalue weighted by Crippen LogP contribution is 2.28. The van der Waals surface area contributed by atoms with E-state index in [1.165, 1.54) is 6.33 Å². The Hall–Kier alpha value is -3.81. The smallest absolute Gasteiger partial charge is 0.197 e. The van der Waals surface area contributed by atoms with E-state index in [0.717, 1.165) is 22.6 Å². The van der Waals surface area contributed by atoms with E-state index >= 15 is 0 Å². The van der Waals surface area contributed by atoms with Gasteiger partial charge in [-0.05, 0) is 29.8 Å². The molecular formula is C21H21N5O3. The van der Waals surface area contributed by atoms with E-state index in [4.69, 9.17) is 14.2 Å². The average molecular weight is 391 g/mol. The quantitative estimate of drug-likeness (QED) is 0.517. The van der Waals surface area contributed by atoms with Gasteiger partial charge in [-0.2, -0.15) is 5.10 Å². The number of aromatic nitrogens is 4. The van der Waals surface area contributed by atoms with Crippen LogP contribution in [-0.4, -0.2) is 40.9 Å². The van der Waals surface area contributed by atoms with Crippen LogP contribution < -0.4 is 19.5 Å². The number of ether oxygens (including phenoxy) is 3. The SMILES string of the molecule is COc1cccc(-c2cnc3c(NCc4ccc(OC)c(OC)c4)ncnn23)c1. The van der Waals surface area contributed by atoms with Crippen molar-refractivity contribution in [3.8, 4) is 28.5 Å². The molecule has 0 bridgehead atoms. The predicted molar refractivity (Wildman–Crippen MR) is 110 cm³/mol. The molecule has 0 saturated carbocycles. The van der Waals surface area contributed by atoms with Gasteiger partial charge >= 0.3 is 0 Å². The fourth-order valence-electron chi connectivity index (χ4n) is 3.10. The molecule has 0 aliphatic heterocycles. The summed E-state index contributed by atoms with van der Waals surface area (Å²) < 4.78 is 17.7. The Labute approximate surface area is 168 Å². The summed E-state index contributed by atoms with van der Waals surface area (Å²) >= 11 is 0. The lowest BCUT2D eigenvalue weighted by Gasteiger charge is -2.11. The van der Waals surface area contributed by atoms with Gasteiger partial charge in [-0.3, -0.25) is 0 Å². The van der Waals surface area contributed by atoms with E-state index < -0.39 is 0 Å². The first kappa shape index (κ1) is 18.5. The van der Waals surface area contributed by atoms with Crippen LogP contribution in [0.4, 0.5) is 5.82 Å². The molecule has 4 rings (SSSR count). The molecular weight excluding hydrogens is 370 g/mol. The van der Waals surface area contributed by atoms with Crippen LogP contribution in [-0.2, 0) is 6.54 Å². The molecule has 148 valence electrons. The largest absolute Gasteiger partial charge is 0.497 e. The van der Waals surface area contributed by atoms with Crippen LogP contribution >= 0.6 is 0 Å². The summed E-state index contributed by atoms with van der Waals surface area (Å²) in [4.78, 5) is 8.87. The van der Waals surface area contributed by atoms with Crippen molar-refractivity contribution in [2.45, 2.75) is 6.54 Å². The molecule has 0 fully saturated rings. The summed E-state index contributed by atoms with van der Waals surface area (Å²) in [6.07, 6.45) is 3.29. The van der Waals surface area contributed by atoms with E-state index in [-0.39, 0.29) is 0 Å². The Bertz CT molecular complexity index is 1140. The molecule has 8 nitrogen and oxygen atoms in total. The molecule has 29 heavy (non-hydrogen) atoms. The number of nitrogens with zero attached hydrogens (tertiary/aromatic N) is 4. The molecule has 4 aromatic rings. The van der Waals surface area contributed by atoms with Gasteiger partial charge in [0.05, 0.1) is 33.2 Å². The molecule has 0 aliphatic carbocycles. The maximum Gasteiger partial charge on any atom is 0.197 e. The van der Waals surface area contributed by atoms with Gasteiger partial charge < -0.3 is 19.5 Å². The van der Waals surface area contributed by atoms with E-state index in [1.54, 1.807) is 32.0 Å². The summed E-state index contributed by atoms with van der Waals surface area (Å²) in [5, 5.41) is 7.69. The highest BCUT2D eigenvalue weighted by Gasteiger charge is 2.12. The summed E-state index contributed by atoms with van der Waals surface area (Å²) in [5.41, 5.74) is 3.49. The second kappa shape index (κ2) is 8.05. The second-order valence-corrected chi connectivity index (χ2v) is 6.26. The topological polar surface area (TPSA) is 82.8 Å². The van der Waals surface area contributed by atoms with E-state index in [1.807, 2.05) is 42.5 Å². The van der Waals surface area contributed by atoms with Crippen LogP contribution in [0.25, 0.3) is 16.9 Å². The Morgan fingerprint density at radius 1 is 0.931 bits per heavy atom. The fourth-order valence-corrected chi connectivity index (χ4v) is 3.10. The van der Waals surface area contributed by atoms with Gasteiger partial charge in [0.15, 0.2) is 23.0 Å². The monoisotopic (exact) mass is 391 g/mol. The van der Waals surface area contributed by atoms with Crippen LogP contribution in [0.2, 0.25) is 0 Å². The van der Waals surface area contributed by atoms with Crippen LogP contribution in [0.1, 0.15) is 5.56 Å². The number of methoxy groups -OCH3 is 3. The molecule has 0 unspecified atom stereocenters. The lowest BCUT2D eigenvalue weighted by atomic mass is 10.1. The van der Waals surface area contributed by atoms with Gasteiger partial charge in [0.2, 0.25) is 0 Å². The van der Waals surface area contributed by atoms with Crippen molar-refractivity contribution < 1.29 is 14.2 Å². The fraction of sp³-hybridized carbons (Fsp3) is 0.190. The Morgan fingerprint density at radius 2 is 1.79 bits per heavy atom. The molecule has 0 aliphatic rings. The molecule has 0 radical (unpaired) electrons. The third-order valence-corrected chi connectivity index (χ3v) is 4.58. The van der Waals surface area contributed by atoms with E-state index in [2.05, 4.69) is 20.4 Å². The van der Waals surface area contributed by atoms with Gasteiger partial charge in [0, 0.05) is 12.1 Å². The van der Waals surface area contributed by atoms with E-state index in [9.17, 15) is 0 Å². The number of rotatable bonds is 7. The number of imidazole rings is 1. The number of anilines is 1. The molecule has 0 saturated heterocycles. The number of fused-ring (bicyclic) bond motifs is 1. The first-order valence-corrected chi connectivity index (χ1v) is 9.01. The normalized spacial score (nSPS) is 10.7. The van der Waals surface area contributed by atoms with Crippen molar-refractivity contribution in [2.75, 3.05) is 26.6 Å². The standard InChI is InChI=1S/C21H21N5O3/c1-27-16-6-4-5-15(10-16)17-12-23-21-20(24-13-25-26(17)21)22-11-14-7-8-18(28-2)19(9-14)29-3/h4-10,12-13H,11H2,1-3H3,(H,22,24,25). The van der Waals surface area contributed by atoms with Crippen molar-refractivity contribution in [1.29, 1.82) is 0 Å². The lowest BCUT2D eigenvalue weighted by Crippen LogP contribution is -2.06. The summed E-state index contributed by atoms with van der Waals surface area (Å²) in [5.74, 6) is 2.79. The van der Waals surface area contributed by atoms with Crippen LogP contribution in [0, 0.1) is 0 Å². The van der Waals surface area contributed by atoms with Gasteiger partial charge in [-0.1, -0.05) is 18.2 Å². The second-order valence-electron chi connectivity index (χ2n) is 6.26. The number of hydrogen-bond acceptors (Lipinski definition) is 7. The number of benzene rings is 2. The van der Waals surface area contributed by atoms with Crippen molar-refractivity contribution in [2.24, 2.45) is 0 Å². The van der Waals surface area contributed by atoms with Gasteiger partial charge in [-0.25, -0.2) is 14.5 Å². The number of hydrogen-bond donors (Lipinski definition) is 1. The van der Waals surface area contributed by atoms with Gasteiger partial charge in [0.25, 0.3) is 0 Å². The van der Waals surface area contributed by atoms with Crippen LogP contribution in [0.15, 0.2) is 55.0 Å². The van der Waals surface area contributed by atoms with Crippen molar-refractivity contribution in [3.63, 3.8) is 0 Å². The zero-order valence-corrected chi connectivity index (χ0v) is 16.4. The third kappa shape index (κ3) is 3.64. The highest BCUT2D eigenvalue weighted by atomic mass is 16.5. The summed E-state index contributed by atoms with van der Waals surface area (Å²) in [6, 6.07) is 13.6. The third-order valence-electron chi connectivity index (χ3n) is 4.58. The molecule has 2 heterocycles. The molecule has 0 amide bonds.